The number of amides is 1. The van der Waals surface area contributed by atoms with Crippen LogP contribution in [0.5, 0.6) is 0 Å². The van der Waals surface area contributed by atoms with Crippen molar-refractivity contribution < 1.29 is 13.2 Å². The molecule has 0 bridgehead atoms. The van der Waals surface area contributed by atoms with Gasteiger partial charge in [-0.25, -0.2) is 12.7 Å². The molecule has 2 rings (SSSR count). The zero-order valence-electron chi connectivity index (χ0n) is 16.1. The van der Waals surface area contributed by atoms with Crippen LogP contribution in [0.15, 0.2) is 35.2 Å². The van der Waals surface area contributed by atoms with Crippen molar-refractivity contribution in [3.63, 3.8) is 0 Å². The van der Waals surface area contributed by atoms with Crippen LogP contribution in [0.3, 0.4) is 0 Å². The van der Waals surface area contributed by atoms with E-state index in [1.54, 1.807) is 25.8 Å². The minimum Gasteiger partial charge on any atom is -0.337 e. The Kier molecular flexibility index (Phi) is 5.87. The minimum absolute atomic E-state index is 0.0106. The average Bonchev–Trinajstić information content (AvgIpc) is 2.88. The maximum atomic E-state index is 12.7. The Balaban J connectivity index is 2.25. The first-order valence-corrected chi connectivity index (χ1v) is 9.78. The molecule has 2 aromatic rings. The maximum Gasteiger partial charge on any atom is 0.246 e. The number of rotatable bonds is 6. The predicted octanol–water partition coefficient (Wildman–Crippen LogP) is 1.97. The topological polar surface area (TPSA) is 75.5 Å². The number of aryl methyl sites for hydroxylation is 1. The molecule has 1 atom stereocenters. The van der Waals surface area contributed by atoms with Gasteiger partial charge in [0, 0.05) is 21.1 Å². The van der Waals surface area contributed by atoms with E-state index in [1.165, 1.54) is 18.8 Å². The molecule has 0 N–H and O–H groups in total. The van der Waals surface area contributed by atoms with Gasteiger partial charge < -0.3 is 4.90 Å². The second-order valence-corrected chi connectivity index (χ2v) is 8.63. The van der Waals surface area contributed by atoms with E-state index < -0.39 is 10.0 Å². The van der Waals surface area contributed by atoms with Gasteiger partial charge in [0.15, 0.2) is 0 Å². The minimum atomic E-state index is -3.61. The first kappa shape index (κ1) is 20.1. The monoisotopic (exact) mass is 378 g/mol. The molecule has 0 spiro atoms. The zero-order chi connectivity index (χ0) is 19.6. The van der Waals surface area contributed by atoms with Crippen molar-refractivity contribution in [3.8, 4) is 0 Å². The molecule has 0 aliphatic rings. The molecule has 0 saturated heterocycles. The van der Waals surface area contributed by atoms with Crippen molar-refractivity contribution in [1.82, 2.24) is 19.0 Å². The Morgan fingerprint density at radius 1 is 1.15 bits per heavy atom. The molecule has 0 unspecified atom stereocenters. The van der Waals surface area contributed by atoms with Crippen LogP contribution in [0, 0.1) is 13.8 Å². The second kappa shape index (κ2) is 7.59. The van der Waals surface area contributed by atoms with E-state index in [4.69, 9.17) is 0 Å². The fourth-order valence-corrected chi connectivity index (χ4v) is 4.06. The molecule has 1 aromatic heterocycles. The van der Waals surface area contributed by atoms with Gasteiger partial charge in [-0.3, -0.25) is 9.48 Å². The molecule has 26 heavy (non-hydrogen) atoms. The number of hydrogen-bond acceptors (Lipinski definition) is 4. The van der Waals surface area contributed by atoms with Crippen LogP contribution in [0.1, 0.15) is 29.9 Å². The Hall–Kier alpha value is -2.19. The average molecular weight is 378 g/mol. The number of aromatic nitrogens is 2. The predicted molar refractivity (Wildman–Crippen MR) is 100 cm³/mol. The van der Waals surface area contributed by atoms with Crippen molar-refractivity contribution in [1.29, 1.82) is 0 Å². The van der Waals surface area contributed by atoms with E-state index >= 15 is 0 Å². The van der Waals surface area contributed by atoms with E-state index in [0.29, 0.717) is 11.4 Å². The fraction of sp³-hybridized carbons (Fsp3) is 0.444. The number of carbonyl (C=O) groups excluding carboxylic acids is 1. The summed E-state index contributed by atoms with van der Waals surface area (Å²) in [5, 5.41) is 4.28. The SMILES string of the molecule is Cc1nn(CC(=O)N(C)[C@@H](C)c2ccccc2)c(C)c1S(=O)(=O)N(C)C. The van der Waals surface area contributed by atoms with E-state index in [9.17, 15) is 13.2 Å². The second-order valence-electron chi connectivity index (χ2n) is 6.54. The summed E-state index contributed by atoms with van der Waals surface area (Å²) in [6.07, 6.45) is 0. The third kappa shape index (κ3) is 3.81. The standard InChI is InChI=1S/C18H26N4O3S/c1-13-18(26(24,25)20(4)5)15(3)22(19-13)12-17(23)21(6)14(2)16-10-8-7-9-11-16/h7-11,14H,12H2,1-6H3/t14-/m0/s1. The van der Waals surface area contributed by atoms with Crippen LogP contribution in [-0.2, 0) is 21.4 Å². The highest BCUT2D eigenvalue weighted by atomic mass is 32.2. The summed E-state index contributed by atoms with van der Waals surface area (Å²) in [4.78, 5) is 14.5. The van der Waals surface area contributed by atoms with Crippen LogP contribution >= 0.6 is 0 Å². The fourth-order valence-electron chi connectivity index (χ4n) is 2.80. The van der Waals surface area contributed by atoms with Gasteiger partial charge in [0.25, 0.3) is 0 Å². The van der Waals surface area contributed by atoms with Crippen LogP contribution < -0.4 is 0 Å². The maximum absolute atomic E-state index is 12.7. The molecule has 0 aliphatic carbocycles. The first-order chi connectivity index (χ1) is 12.1. The number of sulfonamides is 1. The summed E-state index contributed by atoms with van der Waals surface area (Å²) in [6, 6.07) is 9.65. The highest BCUT2D eigenvalue weighted by molar-refractivity contribution is 7.89. The Labute approximate surface area is 155 Å². The Morgan fingerprint density at radius 2 is 1.73 bits per heavy atom. The largest absolute Gasteiger partial charge is 0.337 e. The van der Waals surface area contributed by atoms with Gasteiger partial charge in [0.2, 0.25) is 15.9 Å². The van der Waals surface area contributed by atoms with Gasteiger partial charge in [-0.1, -0.05) is 30.3 Å². The molecular weight excluding hydrogens is 352 g/mol. The summed E-state index contributed by atoms with van der Waals surface area (Å²) in [5.41, 5.74) is 1.89. The molecule has 142 valence electrons. The van der Waals surface area contributed by atoms with Gasteiger partial charge in [-0.15, -0.1) is 0 Å². The summed E-state index contributed by atoms with van der Waals surface area (Å²) in [7, 11) is 1.09. The molecule has 8 heteroatoms. The zero-order valence-corrected chi connectivity index (χ0v) is 16.9. The van der Waals surface area contributed by atoms with Crippen LogP contribution in [0.2, 0.25) is 0 Å². The number of nitrogens with zero attached hydrogens (tertiary/aromatic N) is 4. The lowest BCUT2D eigenvalue weighted by atomic mass is 10.1. The van der Waals surface area contributed by atoms with E-state index in [0.717, 1.165) is 9.87 Å². The van der Waals surface area contributed by atoms with Crippen molar-refractivity contribution in [2.45, 2.75) is 38.3 Å². The number of benzene rings is 1. The first-order valence-electron chi connectivity index (χ1n) is 8.34. The lowest BCUT2D eigenvalue weighted by Gasteiger charge is -2.25. The summed E-state index contributed by atoms with van der Waals surface area (Å²) in [5.74, 6) is -0.138. The van der Waals surface area contributed by atoms with Crippen LogP contribution in [0.4, 0.5) is 0 Å². The van der Waals surface area contributed by atoms with Gasteiger partial charge >= 0.3 is 0 Å². The molecule has 1 heterocycles. The van der Waals surface area contributed by atoms with Crippen molar-refractivity contribution in [3.05, 3.63) is 47.3 Å². The van der Waals surface area contributed by atoms with E-state index in [1.807, 2.05) is 37.3 Å². The molecule has 7 nitrogen and oxygen atoms in total. The summed E-state index contributed by atoms with van der Waals surface area (Å²) in [6.45, 7) is 5.25. The van der Waals surface area contributed by atoms with E-state index in [-0.39, 0.29) is 23.4 Å². The van der Waals surface area contributed by atoms with Crippen LogP contribution in [0.25, 0.3) is 0 Å². The third-order valence-corrected chi connectivity index (χ3v) is 6.66. The molecule has 1 aromatic carbocycles. The summed E-state index contributed by atoms with van der Waals surface area (Å²) < 4.78 is 27.6. The Morgan fingerprint density at radius 3 is 2.27 bits per heavy atom. The number of likely N-dealkylation sites (N-methyl/N-ethyl adjacent to an activating group) is 1. The van der Waals surface area contributed by atoms with Crippen molar-refractivity contribution in [2.75, 3.05) is 21.1 Å². The smallest absolute Gasteiger partial charge is 0.246 e. The molecule has 0 aliphatic heterocycles. The lowest BCUT2D eigenvalue weighted by Crippen LogP contribution is -2.33. The molecule has 0 saturated carbocycles. The van der Waals surface area contributed by atoms with E-state index in [2.05, 4.69) is 5.10 Å². The van der Waals surface area contributed by atoms with Crippen molar-refractivity contribution >= 4 is 15.9 Å². The molecular formula is C18H26N4O3S. The van der Waals surface area contributed by atoms with Gasteiger partial charge in [-0.05, 0) is 26.3 Å². The van der Waals surface area contributed by atoms with Gasteiger partial charge in [0.05, 0.1) is 17.4 Å². The number of hydrogen-bond donors (Lipinski definition) is 0. The van der Waals surface area contributed by atoms with Gasteiger partial charge in [-0.2, -0.15) is 5.10 Å². The Bertz CT molecular complexity index is 889. The highest BCUT2D eigenvalue weighted by Gasteiger charge is 2.28. The highest BCUT2D eigenvalue weighted by Crippen LogP contribution is 2.23. The van der Waals surface area contributed by atoms with Crippen molar-refractivity contribution in [2.24, 2.45) is 0 Å². The normalized spacial score (nSPS) is 13.0. The molecule has 0 fully saturated rings. The molecule has 0 radical (unpaired) electrons. The van der Waals surface area contributed by atoms with Crippen LogP contribution in [-0.4, -0.2) is 54.5 Å². The third-order valence-electron chi connectivity index (χ3n) is 4.60. The molecule has 1 amide bonds. The van der Waals surface area contributed by atoms with Gasteiger partial charge in [0.1, 0.15) is 11.4 Å². The number of carbonyl (C=O) groups is 1. The summed E-state index contributed by atoms with van der Waals surface area (Å²) >= 11 is 0. The quantitative estimate of drug-likeness (QED) is 0.770. The lowest BCUT2D eigenvalue weighted by molar-refractivity contribution is -0.132.